The van der Waals surface area contributed by atoms with Gasteiger partial charge in [-0.3, -0.25) is 4.90 Å². The third kappa shape index (κ3) is 6.49. The monoisotopic (exact) mass is 332 g/mol. The number of benzene rings is 1. The van der Waals surface area contributed by atoms with Crippen LogP contribution in [0.5, 0.6) is 0 Å². The maximum Gasteiger partial charge on any atom is 0.188 e. The summed E-state index contributed by atoms with van der Waals surface area (Å²) in [6, 6.07) is 8.67. The van der Waals surface area contributed by atoms with Gasteiger partial charge in [-0.2, -0.15) is 0 Å². The summed E-state index contributed by atoms with van der Waals surface area (Å²) in [4.78, 5) is 6.85. The molecule has 24 heavy (non-hydrogen) atoms. The third-order valence-corrected chi connectivity index (χ3v) is 4.19. The Balaban J connectivity index is 1.81. The number of guanidine groups is 1. The third-order valence-electron chi connectivity index (χ3n) is 4.19. The first-order valence-corrected chi connectivity index (χ1v) is 9.06. The predicted octanol–water partition coefficient (Wildman–Crippen LogP) is 2.50. The summed E-state index contributed by atoms with van der Waals surface area (Å²) in [7, 11) is 0. The fourth-order valence-electron chi connectivity index (χ4n) is 3.05. The first kappa shape index (κ1) is 18.7. The normalized spacial score (nSPS) is 22.5. The minimum atomic E-state index is 0.311. The van der Waals surface area contributed by atoms with Crippen LogP contribution in [0.1, 0.15) is 44.7 Å². The quantitative estimate of drug-likeness (QED) is 0.457. The number of nitrogens with zero attached hydrogens (tertiary/aromatic N) is 2. The smallest absolute Gasteiger partial charge is 0.188 e. The standard InChI is InChI=1S/C19H32N4O/c1-4-5-10-21-19(20)22-11-17-6-8-18(9-7-17)14-23-12-15(2)24-16(3)13-23/h6-9,15-16H,4-5,10-14H2,1-3H3,(H3,20,21,22). The van der Waals surface area contributed by atoms with Gasteiger partial charge < -0.3 is 15.8 Å². The topological polar surface area (TPSA) is 62.9 Å². The number of morpholine rings is 1. The summed E-state index contributed by atoms with van der Waals surface area (Å²) in [6.07, 6.45) is 2.89. The Morgan fingerprint density at radius 1 is 1.21 bits per heavy atom. The summed E-state index contributed by atoms with van der Waals surface area (Å²) >= 11 is 0. The average Bonchev–Trinajstić information content (AvgIpc) is 2.53. The Hall–Kier alpha value is -1.59. The lowest BCUT2D eigenvalue weighted by Gasteiger charge is -2.35. The summed E-state index contributed by atoms with van der Waals surface area (Å²) in [5.41, 5.74) is 8.38. The summed E-state index contributed by atoms with van der Waals surface area (Å²) in [6.45, 7) is 10.9. The van der Waals surface area contributed by atoms with Crippen LogP contribution < -0.4 is 11.1 Å². The van der Waals surface area contributed by atoms with Crippen LogP contribution >= 0.6 is 0 Å². The Morgan fingerprint density at radius 3 is 2.46 bits per heavy atom. The van der Waals surface area contributed by atoms with Gasteiger partial charge in [-0.1, -0.05) is 37.6 Å². The van der Waals surface area contributed by atoms with Crippen LogP contribution in [0.15, 0.2) is 29.3 Å². The van der Waals surface area contributed by atoms with Crippen LogP contribution in [0.3, 0.4) is 0 Å². The van der Waals surface area contributed by atoms with Crippen molar-refractivity contribution in [2.45, 2.75) is 58.9 Å². The fraction of sp³-hybridized carbons (Fsp3) is 0.632. The van der Waals surface area contributed by atoms with Crippen LogP contribution in [0.4, 0.5) is 0 Å². The van der Waals surface area contributed by atoms with Crippen molar-refractivity contribution in [3.05, 3.63) is 35.4 Å². The Labute approximate surface area is 146 Å². The van der Waals surface area contributed by atoms with Crippen molar-refractivity contribution in [3.63, 3.8) is 0 Å². The van der Waals surface area contributed by atoms with E-state index in [-0.39, 0.29) is 0 Å². The summed E-state index contributed by atoms with van der Waals surface area (Å²) in [5, 5.41) is 3.14. The van der Waals surface area contributed by atoms with Gasteiger partial charge in [0, 0.05) is 26.2 Å². The van der Waals surface area contributed by atoms with Crippen molar-refractivity contribution in [1.82, 2.24) is 10.2 Å². The van der Waals surface area contributed by atoms with Gasteiger partial charge in [0.1, 0.15) is 0 Å². The molecule has 1 aliphatic heterocycles. The molecule has 1 heterocycles. The molecule has 0 saturated carbocycles. The van der Waals surface area contributed by atoms with Crippen molar-refractivity contribution in [3.8, 4) is 0 Å². The molecule has 0 aromatic heterocycles. The van der Waals surface area contributed by atoms with E-state index >= 15 is 0 Å². The number of hydrogen-bond donors (Lipinski definition) is 2. The van der Waals surface area contributed by atoms with E-state index in [1.807, 2.05) is 0 Å². The van der Waals surface area contributed by atoms with Gasteiger partial charge >= 0.3 is 0 Å². The molecule has 2 rings (SSSR count). The summed E-state index contributed by atoms with van der Waals surface area (Å²) in [5.74, 6) is 0.531. The minimum absolute atomic E-state index is 0.311. The molecule has 0 radical (unpaired) electrons. The van der Waals surface area contributed by atoms with Crippen LogP contribution in [-0.2, 0) is 17.8 Å². The van der Waals surface area contributed by atoms with E-state index in [2.05, 4.69) is 60.2 Å². The molecule has 1 fully saturated rings. The van der Waals surface area contributed by atoms with Crippen molar-refractivity contribution in [1.29, 1.82) is 0 Å². The molecule has 0 amide bonds. The molecule has 0 bridgehead atoms. The molecular formula is C19H32N4O. The van der Waals surface area contributed by atoms with Gasteiger partial charge in [0.15, 0.2) is 5.96 Å². The SMILES string of the molecule is CCCCNC(N)=NCc1ccc(CN2CC(C)OC(C)C2)cc1. The number of ether oxygens (including phenoxy) is 1. The van der Waals surface area contributed by atoms with Gasteiger partial charge in [-0.15, -0.1) is 0 Å². The predicted molar refractivity (Wildman–Crippen MR) is 100.0 cm³/mol. The molecule has 1 aromatic carbocycles. The molecule has 1 aromatic rings. The molecule has 134 valence electrons. The maximum atomic E-state index is 5.86. The molecule has 1 aliphatic rings. The molecule has 3 N–H and O–H groups in total. The molecular weight excluding hydrogens is 300 g/mol. The summed E-state index contributed by atoms with van der Waals surface area (Å²) < 4.78 is 5.79. The van der Waals surface area contributed by atoms with Crippen LogP contribution in [0.2, 0.25) is 0 Å². The van der Waals surface area contributed by atoms with E-state index in [1.165, 1.54) is 11.1 Å². The molecule has 0 aliphatic carbocycles. The number of nitrogens with one attached hydrogen (secondary N) is 1. The lowest BCUT2D eigenvalue weighted by Crippen LogP contribution is -2.44. The van der Waals surface area contributed by atoms with E-state index in [0.29, 0.717) is 24.7 Å². The number of hydrogen-bond acceptors (Lipinski definition) is 3. The number of nitrogens with two attached hydrogens (primary N) is 1. The second-order valence-electron chi connectivity index (χ2n) is 6.75. The molecule has 0 spiro atoms. The van der Waals surface area contributed by atoms with Crippen molar-refractivity contribution in [2.24, 2.45) is 10.7 Å². The van der Waals surface area contributed by atoms with Gasteiger partial charge in [-0.05, 0) is 31.4 Å². The molecule has 5 heteroatoms. The highest BCUT2D eigenvalue weighted by Gasteiger charge is 2.21. The highest BCUT2D eigenvalue weighted by molar-refractivity contribution is 5.77. The minimum Gasteiger partial charge on any atom is -0.373 e. The Morgan fingerprint density at radius 2 is 1.83 bits per heavy atom. The highest BCUT2D eigenvalue weighted by atomic mass is 16.5. The van der Waals surface area contributed by atoms with Crippen molar-refractivity contribution >= 4 is 5.96 Å². The number of aliphatic imine (C=N–C) groups is 1. The van der Waals surface area contributed by atoms with Gasteiger partial charge in [0.25, 0.3) is 0 Å². The second kappa shape index (κ2) is 9.64. The lowest BCUT2D eigenvalue weighted by molar-refractivity contribution is -0.0704. The fourth-order valence-corrected chi connectivity index (χ4v) is 3.05. The van der Waals surface area contributed by atoms with E-state index in [1.54, 1.807) is 0 Å². The van der Waals surface area contributed by atoms with E-state index in [0.717, 1.165) is 39.0 Å². The largest absolute Gasteiger partial charge is 0.373 e. The zero-order chi connectivity index (χ0) is 17.4. The number of rotatable bonds is 7. The molecule has 2 unspecified atom stereocenters. The van der Waals surface area contributed by atoms with E-state index in [9.17, 15) is 0 Å². The first-order chi connectivity index (χ1) is 11.6. The van der Waals surface area contributed by atoms with E-state index in [4.69, 9.17) is 10.5 Å². The number of unbranched alkanes of at least 4 members (excludes halogenated alkanes) is 1. The van der Waals surface area contributed by atoms with Crippen LogP contribution in [0, 0.1) is 0 Å². The maximum absolute atomic E-state index is 5.86. The van der Waals surface area contributed by atoms with Gasteiger partial charge in [0.05, 0.1) is 18.8 Å². The molecule has 5 nitrogen and oxygen atoms in total. The zero-order valence-electron chi connectivity index (χ0n) is 15.3. The Bertz CT molecular complexity index is 505. The molecule has 2 atom stereocenters. The lowest BCUT2D eigenvalue weighted by atomic mass is 10.1. The Kier molecular flexibility index (Phi) is 7.53. The van der Waals surface area contributed by atoms with Crippen LogP contribution in [0.25, 0.3) is 0 Å². The first-order valence-electron chi connectivity index (χ1n) is 9.06. The average molecular weight is 332 g/mol. The van der Waals surface area contributed by atoms with Gasteiger partial charge in [0.2, 0.25) is 0 Å². The zero-order valence-corrected chi connectivity index (χ0v) is 15.3. The van der Waals surface area contributed by atoms with Crippen molar-refractivity contribution in [2.75, 3.05) is 19.6 Å². The second-order valence-corrected chi connectivity index (χ2v) is 6.75. The van der Waals surface area contributed by atoms with Gasteiger partial charge in [-0.25, -0.2) is 4.99 Å². The highest BCUT2D eigenvalue weighted by Crippen LogP contribution is 2.15. The van der Waals surface area contributed by atoms with Crippen molar-refractivity contribution < 1.29 is 4.74 Å². The van der Waals surface area contributed by atoms with Crippen LogP contribution in [-0.4, -0.2) is 42.7 Å². The van der Waals surface area contributed by atoms with E-state index < -0.39 is 0 Å². The molecule has 1 saturated heterocycles.